The van der Waals surface area contributed by atoms with Gasteiger partial charge in [0.2, 0.25) is 0 Å². The van der Waals surface area contributed by atoms with Gasteiger partial charge in [0.15, 0.2) is 0 Å². The molecule has 0 amide bonds. The van der Waals surface area contributed by atoms with E-state index in [0.717, 1.165) is 19.3 Å². The van der Waals surface area contributed by atoms with Gasteiger partial charge in [0, 0.05) is 0 Å². The minimum Gasteiger partial charge on any atom is -0.393 e. The van der Waals surface area contributed by atoms with Crippen LogP contribution in [-0.4, -0.2) is 11.2 Å². The summed E-state index contributed by atoms with van der Waals surface area (Å²) in [6, 6.07) is 0. The number of hydrogen-bond donors (Lipinski definition) is 1. The van der Waals surface area contributed by atoms with Gasteiger partial charge in [-0.2, -0.15) is 0 Å². The number of aliphatic hydroxyl groups excluding tert-OH is 1. The van der Waals surface area contributed by atoms with Crippen LogP contribution in [-0.2, 0) is 0 Å². The van der Waals surface area contributed by atoms with Gasteiger partial charge in [-0.1, -0.05) is 38.7 Å². The van der Waals surface area contributed by atoms with Gasteiger partial charge in [-0.15, -0.1) is 6.58 Å². The lowest BCUT2D eigenvalue weighted by atomic mass is 10.1. The van der Waals surface area contributed by atoms with Crippen molar-refractivity contribution in [3.63, 3.8) is 0 Å². The van der Waals surface area contributed by atoms with E-state index in [-0.39, 0.29) is 6.10 Å². The minimum absolute atomic E-state index is 0.0619. The molecule has 1 heteroatoms. The predicted molar refractivity (Wildman–Crippen MR) is 58.8 cm³/mol. The van der Waals surface area contributed by atoms with E-state index in [1.165, 1.54) is 32.1 Å². The molecular weight excluding hydrogens is 160 g/mol. The zero-order valence-corrected chi connectivity index (χ0v) is 8.97. The van der Waals surface area contributed by atoms with Crippen molar-refractivity contribution in [2.75, 3.05) is 0 Å². The second-order valence-corrected chi connectivity index (χ2v) is 3.70. The summed E-state index contributed by atoms with van der Waals surface area (Å²) in [7, 11) is 0. The van der Waals surface area contributed by atoms with Gasteiger partial charge < -0.3 is 5.11 Å². The molecule has 1 nitrogen and oxygen atoms in total. The maximum absolute atomic E-state index is 9.29. The van der Waals surface area contributed by atoms with Gasteiger partial charge in [0.05, 0.1) is 6.10 Å². The molecule has 0 heterocycles. The largest absolute Gasteiger partial charge is 0.393 e. The number of allylic oxidation sites excluding steroid dienone is 1. The van der Waals surface area contributed by atoms with Crippen LogP contribution in [0.5, 0.6) is 0 Å². The second-order valence-electron chi connectivity index (χ2n) is 3.70. The quantitative estimate of drug-likeness (QED) is 0.428. The number of rotatable bonds is 9. The molecule has 1 atom stereocenters. The molecule has 0 spiro atoms. The Bertz CT molecular complexity index is 110. The third-order valence-electron chi connectivity index (χ3n) is 2.42. The molecule has 0 saturated heterocycles. The lowest BCUT2D eigenvalue weighted by Gasteiger charge is -2.06. The molecule has 0 aliphatic rings. The van der Waals surface area contributed by atoms with E-state index in [1.54, 1.807) is 0 Å². The highest BCUT2D eigenvalue weighted by molar-refractivity contribution is 4.65. The summed E-state index contributed by atoms with van der Waals surface area (Å²) in [4.78, 5) is 0. The highest BCUT2D eigenvalue weighted by Gasteiger charge is 1.98. The maximum Gasteiger partial charge on any atom is 0.0537 e. The van der Waals surface area contributed by atoms with Gasteiger partial charge in [-0.25, -0.2) is 0 Å². The fourth-order valence-corrected chi connectivity index (χ4v) is 1.40. The van der Waals surface area contributed by atoms with E-state index in [2.05, 4.69) is 6.58 Å². The molecule has 0 aromatic rings. The van der Waals surface area contributed by atoms with E-state index in [9.17, 15) is 5.11 Å². The van der Waals surface area contributed by atoms with E-state index >= 15 is 0 Å². The molecule has 0 fully saturated rings. The summed E-state index contributed by atoms with van der Waals surface area (Å²) in [5.41, 5.74) is 0. The Hall–Kier alpha value is -0.300. The van der Waals surface area contributed by atoms with Crippen LogP contribution in [0.4, 0.5) is 0 Å². The van der Waals surface area contributed by atoms with Crippen LogP contribution in [0.1, 0.15) is 58.3 Å². The van der Waals surface area contributed by atoms with Gasteiger partial charge in [0.1, 0.15) is 0 Å². The number of unbranched alkanes of at least 4 members (excludes halogenated alkanes) is 5. The third kappa shape index (κ3) is 9.62. The molecule has 0 aromatic heterocycles. The van der Waals surface area contributed by atoms with Crippen LogP contribution in [0.15, 0.2) is 12.7 Å². The van der Waals surface area contributed by atoms with Crippen LogP contribution >= 0.6 is 0 Å². The Morgan fingerprint density at radius 2 is 1.77 bits per heavy atom. The van der Waals surface area contributed by atoms with Gasteiger partial charge in [-0.05, 0) is 25.7 Å². The molecule has 0 bridgehead atoms. The highest BCUT2D eigenvalue weighted by Crippen LogP contribution is 2.09. The Morgan fingerprint density at radius 1 is 1.15 bits per heavy atom. The summed E-state index contributed by atoms with van der Waals surface area (Å²) in [5.74, 6) is 0. The summed E-state index contributed by atoms with van der Waals surface area (Å²) in [6.07, 6.45) is 11.3. The highest BCUT2D eigenvalue weighted by atomic mass is 16.3. The average Bonchev–Trinajstić information content (AvgIpc) is 2.16. The van der Waals surface area contributed by atoms with Crippen LogP contribution in [0.3, 0.4) is 0 Å². The van der Waals surface area contributed by atoms with Gasteiger partial charge in [0.25, 0.3) is 0 Å². The van der Waals surface area contributed by atoms with Crippen molar-refractivity contribution < 1.29 is 5.11 Å². The summed E-state index contributed by atoms with van der Waals surface area (Å²) in [6.45, 7) is 5.73. The molecule has 0 rings (SSSR count). The fraction of sp³-hybridized carbons (Fsp3) is 0.833. The monoisotopic (exact) mass is 184 g/mol. The van der Waals surface area contributed by atoms with E-state index in [4.69, 9.17) is 0 Å². The minimum atomic E-state index is -0.0619. The van der Waals surface area contributed by atoms with Crippen molar-refractivity contribution in [3.8, 4) is 0 Å². The Labute approximate surface area is 82.9 Å². The van der Waals surface area contributed by atoms with Crippen LogP contribution in [0.25, 0.3) is 0 Å². The number of hydrogen-bond acceptors (Lipinski definition) is 1. The first-order valence-corrected chi connectivity index (χ1v) is 5.60. The van der Waals surface area contributed by atoms with E-state index in [1.807, 2.05) is 13.0 Å². The average molecular weight is 184 g/mol. The van der Waals surface area contributed by atoms with Crippen molar-refractivity contribution in [1.82, 2.24) is 0 Å². The molecule has 1 N–H and O–H groups in total. The molecule has 0 aliphatic heterocycles. The molecule has 0 saturated carbocycles. The first-order chi connectivity index (χ1) is 6.31. The summed E-state index contributed by atoms with van der Waals surface area (Å²) in [5, 5.41) is 9.29. The van der Waals surface area contributed by atoms with Crippen molar-refractivity contribution in [1.29, 1.82) is 0 Å². The van der Waals surface area contributed by atoms with Crippen LogP contribution < -0.4 is 0 Å². The lowest BCUT2D eigenvalue weighted by molar-refractivity contribution is 0.156. The maximum atomic E-state index is 9.29. The first kappa shape index (κ1) is 12.7. The molecule has 0 aromatic carbocycles. The standard InChI is InChI=1S/C12H24O/c1-3-5-6-7-8-9-10-11-12(13)4-2/h3,12-13H,1,4-11H2,2H3. The van der Waals surface area contributed by atoms with Crippen molar-refractivity contribution in [3.05, 3.63) is 12.7 Å². The summed E-state index contributed by atoms with van der Waals surface area (Å²) < 4.78 is 0. The molecule has 1 unspecified atom stereocenters. The SMILES string of the molecule is C=CCCCCCCCC(O)CC. The second kappa shape index (κ2) is 9.79. The zero-order valence-electron chi connectivity index (χ0n) is 8.97. The summed E-state index contributed by atoms with van der Waals surface area (Å²) >= 11 is 0. The Balaban J connectivity index is 2.95. The van der Waals surface area contributed by atoms with E-state index in [0.29, 0.717) is 0 Å². The Morgan fingerprint density at radius 3 is 2.38 bits per heavy atom. The smallest absolute Gasteiger partial charge is 0.0537 e. The first-order valence-electron chi connectivity index (χ1n) is 5.60. The molecular formula is C12H24O. The van der Waals surface area contributed by atoms with Crippen LogP contribution in [0, 0.1) is 0 Å². The van der Waals surface area contributed by atoms with Crippen molar-refractivity contribution >= 4 is 0 Å². The molecule has 13 heavy (non-hydrogen) atoms. The van der Waals surface area contributed by atoms with Crippen molar-refractivity contribution in [2.45, 2.75) is 64.4 Å². The Kier molecular flexibility index (Phi) is 9.56. The van der Waals surface area contributed by atoms with E-state index < -0.39 is 0 Å². The molecule has 0 aliphatic carbocycles. The topological polar surface area (TPSA) is 20.2 Å². The normalized spacial score (nSPS) is 12.8. The molecule has 78 valence electrons. The van der Waals surface area contributed by atoms with Crippen LogP contribution in [0.2, 0.25) is 0 Å². The zero-order chi connectivity index (χ0) is 9.94. The van der Waals surface area contributed by atoms with Gasteiger partial charge >= 0.3 is 0 Å². The fourth-order valence-electron chi connectivity index (χ4n) is 1.40. The number of aliphatic hydroxyl groups is 1. The lowest BCUT2D eigenvalue weighted by Crippen LogP contribution is -2.03. The van der Waals surface area contributed by atoms with Gasteiger partial charge in [-0.3, -0.25) is 0 Å². The predicted octanol–water partition coefficient (Wildman–Crippen LogP) is 3.67. The molecule has 0 radical (unpaired) electrons. The van der Waals surface area contributed by atoms with Crippen molar-refractivity contribution in [2.24, 2.45) is 0 Å². The third-order valence-corrected chi connectivity index (χ3v) is 2.42.